The molecule has 0 radical (unpaired) electrons. The first-order chi connectivity index (χ1) is 18.6. The molecule has 4 rings (SSSR count). The van der Waals surface area contributed by atoms with Gasteiger partial charge in [-0.15, -0.1) is 11.3 Å². The van der Waals surface area contributed by atoms with Crippen LogP contribution in [-0.2, 0) is 53.1 Å². The first-order valence-electron chi connectivity index (χ1n) is 12.2. The van der Waals surface area contributed by atoms with Crippen molar-refractivity contribution in [1.82, 2.24) is 4.57 Å². The highest BCUT2D eigenvalue weighted by Crippen LogP contribution is 2.39. The number of carbonyl (C=O) groups excluding carboxylic acids is 4. The van der Waals surface area contributed by atoms with Crippen molar-refractivity contribution in [2.45, 2.75) is 39.7 Å². The molecule has 1 aromatic carbocycles. The summed E-state index contributed by atoms with van der Waals surface area (Å²) in [5.74, 6) is -4.90. The van der Waals surface area contributed by atoms with E-state index in [2.05, 4.69) is 10.3 Å². The molecule has 14 heteroatoms. The van der Waals surface area contributed by atoms with Gasteiger partial charge < -0.3 is 19.4 Å². The molecule has 208 valence electrons. The topological polar surface area (TPSA) is 150 Å². The molecule has 0 saturated heterocycles. The van der Waals surface area contributed by atoms with Gasteiger partial charge in [0.25, 0.3) is 5.91 Å². The number of thiophene rings is 1. The lowest BCUT2D eigenvalue weighted by Gasteiger charge is -2.08. The molecule has 2 heterocycles. The zero-order valence-corrected chi connectivity index (χ0v) is 23.8. The number of fused-ring (bicyclic) bond motifs is 2. The van der Waals surface area contributed by atoms with E-state index in [1.807, 2.05) is 0 Å². The van der Waals surface area contributed by atoms with Gasteiger partial charge in [0.2, 0.25) is 5.91 Å². The number of rotatable bonds is 10. The van der Waals surface area contributed by atoms with Crippen LogP contribution in [0.15, 0.2) is 29.3 Å². The number of amides is 2. The Morgan fingerprint density at radius 3 is 2.51 bits per heavy atom. The summed E-state index contributed by atoms with van der Waals surface area (Å²) in [4.78, 5) is 55.0. The van der Waals surface area contributed by atoms with E-state index < -0.39 is 45.1 Å². The fourth-order valence-corrected chi connectivity index (χ4v) is 7.60. The molecule has 0 saturated carbocycles. The van der Waals surface area contributed by atoms with Crippen molar-refractivity contribution < 1.29 is 37.1 Å². The van der Waals surface area contributed by atoms with Crippen molar-refractivity contribution in [2.24, 2.45) is 4.99 Å². The third kappa shape index (κ3) is 6.81. The number of benzene rings is 1. The smallest absolute Gasteiger partial charge is 0.341 e. The quantitative estimate of drug-likeness (QED) is 0.352. The van der Waals surface area contributed by atoms with Crippen LogP contribution in [0.25, 0.3) is 10.2 Å². The number of anilines is 1. The minimum absolute atomic E-state index is 0.140. The van der Waals surface area contributed by atoms with Gasteiger partial charge in [0.1, 0.15) is 23.1 Å². The largest absolute Gasteiger partial charge is 0.465 e. The zero-order chi connectivity index (χ0) is 28.2. The van der Waals surface area contributed by atoms with Crippen molar-refractivity contribution in [3.8, 4) is 0 Å². The fraction of sp³-hybridized carbons (Fsp3) is 0.400. The maximum atomic E-state index is 12.7. The lowest BCUT2D eigenvalue weighted by atomic mass is 10.1. The lowest BCUT2D eigenvalue weighted by molar-refractivity contribution is -0.143. The average Bonchev–Trinajstić information content (AvgIpc) is 3.52. The molecule has 0 fully saturated rings. The third-order valence-electron chi connectivity index (χ3n) is 5.75. The minimum Gasteiger partial charge on any atom is -0.465 e. The van der Waals surface area contributed by atoms with E-state index in [1.54, 1.807) is 38.1 Å². The van der Waals surface area contributed by atoms with Crippen LogP contribution < -0.4 is 10.1 Å². The minimum atomic E-state index is -4.20. The molecule has 0 bridgehead atoms. The first kappa shape index (κ1) is 28.6. The molecule has 1 N–H and O–H groups in total. The number of nitrogens with zero attached hydrogens (tertiary/aromatic N) is 2. The number of para-hydroxylation sites is 1. The number of esters is 2. The van der Waals surface area contributed by atoms with Crippen molar-refractivity contribution in [3.05, 3.63) is 45.1 Å². The summed E-state index contributed by atoms with van der Waals surface area (Å²) < 4.78 is 37.8. The Morgan fingerprint density at radius 2 is 1.77 bits per heavy atom. The molecule has 1 aliphatic rings. The number of carbonyl (C=O) groups is 4. The highest BCUT2D eigenvalue weighted by molar-refractivity contribution is 7.92. The summed E-state index contributed by atoms with van der Waals surface area (Å²) in [6.07, 6.45) is 2.34. The van der Waals surface area contributed by atoms with Gasteiger partial charge in [-0.05, 0) is 50.8 Å². The van der Waals surface area contributed by atoms with Crippen LogP contribution in [0.1, 0.15) is 41.1 Å². The summed E-state index contributed by atoms with van der Waals surface area (Å²) in [5.41, 5.74) is 1.73. The van der Waals surface area contributed by atoms with Crippen LogP contribution in [0, 0.1) is 0 Å². The number of thiazole rings is 1. The van der Waals surface area contributed by atoms with Gasteiger partial charge in [-0.3, -0.25) is 14.4 Å². The molecule has 2 aromatic heterocycles. The van der Waals surface area contributed by atoms with Crippen LogP contribution in [0.4, 0.5) is 5.00 Å². The third-order valence-corrected chi connectivity index (χ3v) is 9.40. The summed E-state index contributed by atoms with van der Waals surface area (Å²) in [6, 6.07) is 7.09. The maximum Gasteiger partial charge on any atom is 0.341 e. The second kappa shape index (κ2) is 12.2. The standard InChI is InChI=1S/C25H27N3O8S3/c1-3-35-21(31)12-28-16-9-5-6-10-18(16)38-25(28)27-20(30)14-39(33,34)13-19(29)26-23-22(24(32)36-4-2)15-8-7-11-17(15)37-23/h5-6,9-10H,3-4,7-8,11-14H2,1-2H3,(H,26,29). The van der Waals surface area contributed by atoms with Gasteiger partial charge in [-0.25, -0.2) is 13.2 Å². The molecule has 2 amide bonds. The molecule has 3 aromatic rings. The van der Waals surface area contributed by atoms with Crippen LogP contribution in [0.5, 0.6) is 0 Å². The van der Waals surface area contributed by atoms with E-state index in [0.717, 1.165) is 39.3 Å². The Hall–Kier alpha value is -3.36. The van der Waals surface area contributed by atoms with Gasteiger partial charge in [0.05, 0.1) is 29.0 Å². The highest BCUT2D eigenvalue weighted by atomic mass is 32.2. The van der Waals surface area contributed by atoms with Crippen LogP contribution in [0.3, 0.4) is 0 Å². The number of hydrogen-bond donors (Lipinski definition) is 1. The number of ether oxygens (including phenoxy) is 2. The SMILES string of the molecule is CCOC(=O)Cn1c(=NC(=O)CS(=O)(=O)CC(=O)Nc2sc3c(c2C(=O)OCC)CCC3)sc2ccccc21. The monoisotopic (exact) mass is 593 g/mol. The van der Waals surface area contributed by atoms with Crippen molar-refractivity contribution in [3.63, 3.8) is 0 Å². The summed E-state index contributed by atoms with van der Waals surface area (Å²) >= 11 is 2.36. The van der Waals surface area contributed by atoms with E-state index >= 15 is 0 Å². The van der Waals surface area contributed by atoms with E-state index in [0.29, 0.717) is 11.9 Å². The molecule has 0 aliphatic heterocycles. The molecule has 39 heavy (non-hydrogen) atoms. The molecule has 0 unspecified atom stereocenters. The Kier molecular flexibility index (Phi) is 8.97. The summed E-state index contributed by atoms with van der Waals surface area (Å²) in [6.45, 7) is 3.49. The van der Waals surface area contributed by atoms with E-state index in [-0.39, 0.29) is 35.1 Å². The Labute approximate surface area is 232 Å². The van der Waals surface area contributed by atoms with Crippen molar-refractivity contribution >= 4 is 71.5 Å². The maximum absolute atomic E-state index is 12.7. The Morgan fingerprint density at radius 1 is 1.03 bits per heavy atom. The zero-order valence-electron chi connectivity index (χ0n) is 21.4. The second-order valence-electron chi connectivity index (χ2n) is 8.61. The van der Waals surface area contributed by atoms with Crippen LogP contribution >= 0.6 is 22.7 Å². The molecule has 0 spiro atoms. The predicted octanol–water partition coefficient (Wildman–Crippen LogP) is 2.47. The summed E-state index contributed by atoms with van der Waals surface area (Å²) in [5, 5.41) is 2.77. The Bertz CT molecular complexity index is 1610. The van der Waals surface area contributed by atoms with Gasteiger partial charge in [-0.1, -0.05) is 23.5 Å². The van der Waals surface area contributed by atoms with E-state index in [4.69, 9.17) is 9.47 Å². The molecule has 11 nitrogen and oxygen atoms in total. The molecular formula is C25H27N3O8S3. The highest BCUT2D eigenvalue weighted by Gasteiger charge is 2.29. The van der Waals surface area contributed by atoms with Gasteiger partial charge in [0.15, 0.2) is 14.6 Å². The van der Waals surface area contributed by atoms with Crippen LogP contribution in [0.2, 0.25) is 0 Å². The molecule has 0 atom stereocenters. The Balaban J connectivity index is 1.50. The molecular weight excluding hydrogens is 566 g/mol. The second-order valence-corrected chi connectivity index (χ2v) is 12.8. The van der Waals surface area contributed by atoms with Crippen molar-refractivity contribution in [2.75, 3.05) is 30.0 Å². The van der Waals surface area contributed by atoms with E-state index in [9.17, 15) is 27.6 Å². The average molecular weight is 594 g/mol. The number of nitrogens with one attached hydrogen (secondary N) is 1. The first-order valence-corrected chi connectivity index (χ1v) is 15.7. The van der Waals surface area contributed by atoms with Crippen LogP contribution in [-0.4, -0.2) is 61.5 Å². The number of hydrogen-bond acceptors (Lipinski definition) is 10. The predicted molar refractivity (Wildman–Crippen MR) is 147 cm³/mol. The van der Waals surface area contributed by atoms with E-state index in [1.165, 1.54) is 15.9 Å². The van der Waals surface area contributed by atoms with Gasteiger partial charge in [0, 0.05) is 4.88 Å². The molecule has 1 aliphatic carbocycles. The fourth-order valence-electron chi connectivity index (χ4n) is 4.25. The number of aromatic nitrogens is 1. The summed E-state index contributed by atoms with van der Waals surface area (Å²) in [7, 11) is -4.20. The van der Waals surface area contributed by atoms with Gasteiger partial charge in [-0.2, -0.15) is 4.99 Å². The normalized spacial score (nSPS) is 13.3. The van der Waals surface area contributed by atoms with Gasteiger partial charge >= 0.3 is 11.9 Å². The van der Waals surface area contributed by atoms with Crippen molar-refractivity contribution in [1.29, 1.82) is 0 Å². The number of aryl methyl sites for hydroxylation is 1. The lowest BCUT2D eigenvalue weighted by Crippen LogP contribution is -2.29. The number of sulfone groups is 1.